The number of benzene rings is 1. The summed E-state index contributed by atoms with van der Waals surface area (Å²) in [4.78, 5) is 5.88. The maximum atomic E-state index is 6.55. The van der Waals surface area contributed by atoms with E-state index < -0.39 is 0 Å². The molecule has 8 heteroatoms. The van der Waals surface area contributed by atoms with Crippen LogP contribution in [-0.4, -0.2) is 15.2 Å². The first-order valence-electron chi connectivity index (χ1n) is 7.64. The van der Waals surface area contributed by atoms with E-state index in [-0.39, 0.29) is 0 Å². The van der Waals surface area contributed by atoms with Gasteiger partial charge in [-0.05, 0) is 35.9 Å². The average molecular weight is 402 g/mol. The number of halogens is 2. The van der Waals surface area contributed by atoms with Crippen molar-refractivity contribution in [2.24, 2.45) is 0 Å². The zero-order valence-corrected chi connectivity index (χ0v) is 15.7. The standard InChI is InChI=1S/C18H13Cl2N5S/c19-10-1-2-11(12(20)8-10)15-16(22)17(9-3-5-23-14(21)7-9)26-18(15)13-4-6-24-25-13/h1-8H,22H2,(H2,21,23)(H,24,25). The van der Waals surface area contributed by atoms with E-state index in [2.05, 4.69) is 15.2 Å². The highest BCUT2D eigenvalue weighted by molar-refractivity contribution is 7.20. The highest BCUT2D eigenvalue weighted by atomic mass is 35.5. The van der Waals surface area contributed by atoms with Crippen LogP contribution in [0.25, 0.3) is 32.1 Å². The summed E-state index contributed by atoms with van der Waals surface area (Å²) in [6.45, 7) is 0. The Morgan fingerprint density at radius 1 is 0.962 bits per heavy atom. The zero-order chi connectivity index (χ0) is 18.3. The third-order valence-electron chi connectivity index (χ3n) is 3.93. The maximum absolute atomic E-state index is 6.55. The first-order chi connectivity index (χ1) is 12.5. The molecule has 0 amide bonds. The predicted molar refractivity (Wildman–Crippen MR) is 109 cm³/mol. The number of hydrogen-bond acceptors (Lipinski definition) is 5. The molecule has 5 nitrogen and oxygen atoms in total. The molecule has 0 atom stereocenters. The molecule has 0 bridgehead atoms. The van der Waals surface area contributed by atoms with Gasteiger partial charge in [0.25, 0.3) is 0 Å². The Kier molecular flexibility index (Phi) is 4.32. The number of aromatic amines is 1. The lowest BCUT2D eigenvalue weighted by molar-refractivity contribution is 1.10. The minimum Gasteiger partial charge on any atom is -0.397 e. The fraction of sp³-hybridized carbons (Fsp3) is 0. The molecule has 0 aliphatic rings. The smallest absolute Gasteiger partial charge is 0.123 e. The van der Waals surface area contributed by atoms with Crippen LogP contribution < -0.4 is 11.5 Å². The molecule has 0 radical (unpaired) electrons. The molecule has 3 aromatic heterocycles. The first kappa shape index (κ1) is 16.9. The summed E-state index contributed by atoms with van der Waals surface area (Å²) in [5.74, 6) is 0.435. The van der Waals surface area contributed by atoms with E-state index in [1.807, 2.05) is 18.2 Å². The van der Waals surface area contributed by atoms with E-state index in [0.29, 0.717) is 21.6 Å². The summed E-state index contributed by atoms with van der Waals surface area (Å²) in [5.41, 5.74) is 16.4. The lowest BCUT2D eigenvalue weighted by Gasteiger charge is -2.08. The van der Waals surface area contributed by atoms with Crippen molar-refractivity contribution in [3.8, 4) is 32.1 Å². The summed E-state index contributed by atoms with van der Waals surface area (Å²) in [7, 11) is 0. The lowest BCUT2D eigenvalue weighted by Crippen LogP contribution is -1.92. The van der Waals surface area contributed by atoms with Gasteiger partial charge in [0, 0.05) is 28.5 Å². The van der Waals surface area contributed by atoms with Crippen molar-refractivity contribution in [3.63, 3.8) is 0 Å². The second-order valence-corrected chi connectivity index (χ2v) is 7.48. The van der Waals surface area contributed by atoms with Crippen LogP contribution >= 0.6 is 34.5 Å². The Bertz CT molecular complexity index is 1090. The molecule has 4 rings (SSSR count). The molecule has 0 saturated carbocycles. The number of pyridine rings is 1. The first-order valence-corrected chi connectivity index (χ1v) is 9.21. The van der Waals surface area contributed by atoms with Crippen molar-refractivity contribution in [3.05, 3.63) is 58.8 Å². The number of H-pyrrole nitrogens is 1. The Balaban J connectivity index is 2.00. The molecular formula is C18H13Cl2N5S. The second kappa shape index (κ2) is 6.64. The minimum atomic E-state index is 0.435. The van der Waals surface area contributed by atoms with Crippen LogP contribution in [-0.2, 0) is 0 Å². The van der Waals surface area contributed by atoms with E-state index in [0.717, 1.165) is 32.1 Å². The van der Waals surface area contributed by atoms with Crippen LogP contribution in [0.3, 0.4) is 0 Å². The fourth-order valence-corrected chi connectivity index (χ4v) is 4.49. The summed E-state index contributed by atoms with van der Waals surface area (Å²) >= 11 is 14.1. The number of thiophene rings is 1. The van der Waals surface area contributed by atoms with Gasteiger partial charge in [0.2, 0.25) is 0 Å². The Hall–Kier alpha value is -2.54. The van der Waals surface area contributed by atoms with Crippen LogP contribution in [0.5, 0.6) is 0 Å². The molecule has 0 aliphatic carbocycles. The van der Waals surface area contributed by atoms with Crippen LogP contribution in [0.15, 0.2) is 48.8 Å². The Labute approximate surface area is 163 Å². The molecular weight excluding hydrogens is 389 g/mol. The molecule has 0 unspecified atom stereocenters. The van der Waals surface area contributed by atoms with Gasteiger partial charge in [-0.25, -0.2) is 4.98 Å². The number of anilines is 2. The number of nitrogens with zero attached hydrogens (tertiary/aromatic N) is 2. The third kappa shape index (κ3) is 2.92. The molecule has 130 valence electrons. The van der Waals surface area contributed by atoms with Gasteiger partial charge in [0.05, 0.1) is 26.2 Å². The highest BCUT2D eigenvalue weighted by Gasteiger charge is 2.22. The van der Waals surface area contributed by atoms with Crippen LogP contribution in [0.2, 0.25) is 10.0 Å². The minimum absolute atomic E-state index is 0.435. The Morgan fingerprint density at radius 2 is 1.81 bits per heavy atom. The predicted octanol–water partition coefficient (Wildman–Crippen LogP) is 5.34. The monoisotopic (exact) mass is 401 g/mol. The molecule has 26 heavy (non-hydrogen) atoms. The second-order valence-electron chi connectivity index (χ2n) is 5.61. The SMILES string of the molecule is Nc1cc(-c2sc(-c3ccn[nH]3)c(-c3ccc(Cl)cc3Cl)c2N)ccn1. The molecule has 0 saturated heterocycles. The van der Waals surface area contributed by atoms with Crippen LogP contribution in [0.4, 0.5) is 11.5 Å². The van der Waals surface area contributed by atoms with E-state index in [1.165, 1.54) is 0 Å². The van der Waals surface area contributed by atoms with Gasteiger partial charge >= 0.3 is 0 Å². The van der Waals surface area contributed by atoms with Crippen molar-refractivity contribution >= 4 is 46.0 Å². The number of aromatic nitrogens is 3. The molecule has 0 spiro atoms. The molecule has 5 N–H and O–H groups in total. The van der Waals surface area contributed by atoms with Crippen molar-refractivity contribution in [2.45, 2.75) is 0 Å². The lowest BCUT2D eigenvalue weighted by atomic mass is 10.0. The van der Waals surface area contributed by atoms with E-state index >= 15 is 0 Å². The molecule has 0 aliphatic heterocycles. The fourth-order valence-electron chi connectivity index (χ4n) is 2.78. The van der Waals surface area contributed by atoms with Gasteiger partial charge in [0.15, 0.2) is 0 Å². The zero-order valence-electron chi connectivity index (χ0n) is 13.3. The van der Waals surface area contributed by atoms with Gasteiger partial charge in [-0.2, -0.15) is 5.10 Å². The molecule has 1 aromatic carbocycles. The summed E-state index contributed by atoms with van der Waals surface area (Å²) in [6.07, 6.45) is 3.36. The normalized spacial score (nSPS) is 11.0. The molecule has 0 fully saturated rings. The topological polar surface area (TPSA) is 93.6 Å². The summed E-state index contributed by atoms with van der Waals surface area (Å²) in [6, 6.07) is 10.9. The molecule has 3 heterocycles. The van der Waals surface area contributed by atoms with Crippen molar-refractivity contribution in [1.82, 2.24) is 15.2 Å². The largest absolute Gasteiger partial charge is 0.397 e. The average Bonchev–Trinajstić information content (AvgIpc) is 3.23. The number of nitrogens with one attached hydrogen (secondary N) is 1. The summed E-state index contributed by atoms with van der Waals surface area (Å²) in [5, 5.41) is 8.15. The highest BCUT2D eigenvalue weighted by Crippen LogP contribution is 2.50. The van der Waals surface area contributed by atoms with Crippen molar-refractivity contribution in [2.75, 3.05) is 11.5 Å². The van der Waals surface area contributed by atoms with Gasteiger partial charge in [-0.15, -0.1) is 11.3 Å². The Morgan fingerprint density at radius 3 is 2.50 bits per heavy atom. The van der Waals surface area contributed by atoms with Gasteiger partial charge in [-0.3, -0.25) is 5.10 Å². The number of rotatable bonds is 3. The van der Waals surface area contributed by atoms with Crippen molar-refractivity contribution < 1.29 is 0 Å². The summed E-state index contributed by atoms with van der Waals surface area (Å²) < 4.78 is 0. The van der Waals surface area contributed by atoms with Gasteiger partial charge < -0.3 is 11.5 Å². The number of nitrogen functional groups attached to an aromatic ring is 2. The van der Waals surface area contributed by atoms with Gasteiger partial charge in [0.1, 0.15) is 5.82 Å². The van der Waals surface area contributed by atoms with Crippen LogP contribution in [0, 0.1) is 0 Å². The van der Waals surface area contributed by atoms with Crippen molar-refractivity contribution in [1.29, 1.82) is 0 Å². The van der Waals surface area contributed by atoms with E-state index in [4.69, 9.17) is 34.7 Å². The van der Waals surface area contributed by atoms with Gasteiger partial charge in [-0.1, -0.05) is 29.3 Å². The van der Waals surface area contributed by atoms with E-state index in [9.17, 15) is 0 Å². The maximum Gasteiger partial charge on any atom is 0.123 e. The number of hydrogen-bond donors (Lipinski definition) is 3. The van der Waals surface area contributed by atoms with E-state index in [1.54, 1.807) is 41.9 Å². The quantitative estimate of drug-likeness (QED) is 0.431. The molecule has 4 aromatic rings. The van der Waals surface area contributed by atoms with Crippen LogP contribution in [0.1, 0.15) is 0 Å². The third-order valence-corrected chi connectivity index (χ3v) is 5.77. The number of nitrogens with two attached hydrogens (primary N) is 2.